The van der Waals surface area contributed by atoms with Gasteiger partial charge in [0.15, 0.2) is 0 Å². The highest BCUT2D eigenvalue weighted by atomic mass is 15.3. The van der Waals surface area contributed by atoms with Crippen LogP contribution >= 0.6 is 0 Å². The summed E-state index contributed by atoms with van der Waals surface area (Å²) in [7, 11) is 0. The van der Waals surface area contributed by atoms with Crippen LogP contribution in [0.1, 0.15) is 17.8 Å². The van der Waals surface area contributed by atoms with Crippen molar-refractivity contribution in [3.05, 3.63) is 23.5 Å². The highest BCUT2D eigenvalue weighted by Gasteiger charge is 2.22. The van der Waals surface area contributed by atoms with Crippen molar-refractivity contribution in [2.45, 2.75) is 20.3 Å². The summed E-state index contributed by atoms with van der Waals surface area (Å²) < 4.78 is 0. The largest absolute Gasteiger partial charge is 0.369 e. The Bertz CT molecular complexity index is 426. The van der Waals surface area contributed by atoms with Crippen molar-refractivity contribution < 1.29 is 0 Å². The smallest absolute Gasteiger partial charge is 0.0403 e. The van der Waals surface area contributed by atoms with Crippen LogP contribution in [-0.4, -0.2) is 55.7 Å². The molecule has 0 unspecified atom stereocenters. The fraction of sp³-hybridized carbons (Fsp3) is 0.688. The molecule has 2 fully saturated rings. The number of nitrogens with zero attached hydrogens (tertiary/aromatic N) is 3. The van der Waals surface area contributed by atoms with Crippen LogP contribution in [-0.2, 0) is 0 Å². The molecule has 0 aromatic carbocycles. The maximum absolute atomic E-state index is 4.47. The molecule has 1 atom stereocenters. The average Bonchev–Trinajstić information content (AvgIpc) is 2.91. The van der Waals surface area contributed by atoms with Crippen molar-refractivity contribution in [1.82, 2.24) is 15.2 Å². The first-order valence-corrected chi connectivity index (χ1v) is 7.84. The third kappa shape index (κ3) is 3.30. The van der Waals surface area contributed by atoms with Gasteiger partial charge >= 0.3 is 0 Å². The van der Waals surface area contributed by atoms with Gasteiger partial charge in [-0.25, -0.2) is 0 Å². The predicted octanol–water partition coefficient (Wildman–Crippen LogP) is 1.43. The quantitative estimate of drug-likeness (QED) is 0.903. The first-order valence-electron chi connectivity index (χ1n) is 7.84. The topological polar surface area (TPSA) is 31.4 Å². The second kappa shape index (κ2) is 6.10. The number of hydrogen-bond acceptors (Lipinski definition) is 4. The summed E-state index contributed by atoms with van der Waals surface area (Å²) in [6.45, 7) is 12.5. The molecule has 4 heteroatoms. The molecular formula is C16H26N4. The van der Waals surface area contributed by atoms with Crippen molar-refractivity contribution in [1.29, 1.82) is 0 Å². The van der Waals surface area contributed by atoms with Gasteiger partial charge in [0, 0.05) is 49.8 Å². The van der Waals surface area contributed by atoms with E-state index in [0.29, 0.717) is 0 Å². The molecule has 1 aromatic heterocycles. The molecule has 0 aliphatic carbocycles. The number of aromatic nitrogens is 1. The predicted molar refractivity (Wildman–Crippen MR) is 83.3 cm³/mol. The first-order chi connectivity index (χ1) is 9.70. The number of piperazine rings is 1. The van der Waals surface area contributed by atoms with Gasteiger partial charge in [-0.15, -0.1) is 0 Å². The lowest BCUT2D eigenvalue weighted by Gasteiger charge is -2.37. The first kappa shape index (κ1) is 13.8. The number of nitrogens with one attached hydrogen (secondary N) is 1. The van der Waals surface area contributed by atoms with Gasteiger partial charge in [-0.05, 0) is 51.4 Å². The van der Waals surface area contributed by atoms with Crippen LogP contribution in [0, 0.1) is 19.8 Å². The summed E-state index contributed by atoms with van der Waals surface area (Å²) in [5.74, 6) is 0.868. The molecule has 0 amide bonds. The van der Waals surface area contributed by atoms with Gasteiger partial charge in [0.05, 0.1) is 0 Å². The van der Waals surface area contributed by atoms with Gasteiger partial charge in [0.1, 0.15) is 0 Å². The molecule has 1 aromatic rings. The Kier molecular flexibility index (Phi) is 4.22. The Morgan fingerprint density at radius 3 is 2.45 bits per heavy atom. The Balaban J connectivity index is 1.55. The minimum Gasteiger partial charge on any atom is -0.369 e. The zero-order valence-electron chi connectivity index (χ0n) is 12.7. The second-order valence-corrected chi connectivity index (χ2v) is 6.25. The Labute approximate surface area is 122 Å². The molecule has 0 saturated carbocycles. The van der Waals surface area contributed by atoms with Gasteiger partial charge in [-0.2, -0.15) is 0 Å². The van der Waals surface area contributed by atoms with E-state index >= 15 is 0 Å². The molecule has 3 heterocycles. The number of rotatable bonds is 3. The van der Waals surface area contributed by atoms with Gasteiger partial charge in [-0.3, -0.25) is 9.88 Å². The number of aryl methyl sites for hydroxylation is 2. The van der Waals surface area contributed by atoms with E-state index < -0.39 is 0 Å². The van der Waals surface area contributed by atoms with Gasteiger partial charge in [0.2, 0.25) is 0 Å². The van der Waals surface area contributed by atoms with Crippen molar-refractivity contribution >= 4 is 5.69 Å². The molecule has 0 bridgehead atoms. The maximum atomic E-state index is 4.47. The van der Waals surface area contributed by atoms with E-state index in [1.807, 2.05) is 0 Å². The van der Waals surface area contributed by atoms with Crippen molar-refractivity contribution in [3.63, 3.8) is 0 Å². The Morgan fingerprint density at radius 2 is 1.85 bits per heavy atom. The normalized spacial score (nSPS) is 24.3. The summed E-state index contributed by atoms with van der Waals surface area (Å²) in [5, 5.41) is 3.46. The van der Waals surface area contributed by atoms with Crippen LogP contribution in [0.2, 0.25) is 0 Å². The number of hydrogen-bond donors (Lipinski definition) is 1. The summed E-state index contributed by atoms with van der Waals surface area (Å²) in [4.78, 5) is 9.61. The van der Waals surface area contributed by atoms with E-state index in [0.717, 1.165) is 30.4 Å². The monoisotopic (exact) mass is 274 g/mol. The maximum Gasteiger partial charge on any atom is 0.0403 e. The zero-order chi connectivity index (χ0) is 13.9. The third-order valence-corrected chi connectivity index (χ3v) is 4.48. The molecular weight excluding hydrogens is 248 g/mol. The molecule has 20 heavy (non-hydrogen) atoms. The summed E-state index contributed by atoms with van der Waals surface area (Å²) in [6, 6.07) is 4.42. The van der Waals surface area contributed by atoms with Crippen LogP contribution < -0.4 is 10.2 Å². The molecule has 1 N–H and O–H groups in total. The van der Waals surface area contributed by atoms with Gasteiger partial charge in [0.25, 0.3) is 0 Å². The van der Waals surface area contributed by atoms with E-state index in [1.54, 1.807) is 0 Å². The van der Waals surface area contributed by atoms with E-state index in [-0.39, 0.29) is 0 Å². The molecule has 3 rings (SSSR count). The minimum absolute atomic E-state index is 0.868. The molecule has 4 nitrogen and oxygen atoms in total. The molecule has 2 aliphatic heterocycles. The van der Waals surface area contributed by atoms with Crippen molar-refractivity contribution in [2.75, 3.05) is 50.7 Å². The highest BCUT2D eigenvalue weighted by Crippen LogP contribution is 2.19. The van der Waals surface area contributed by atoms with Gasteiger partial charge < -0.3 is 10.2 Å². The van der Waals surface area contributed by atoms with Crippen molar-refractivity contribution in [2.24, 2.45) is 5.92 Å². The van der Waals surface area contributed by atoms with Gasteiger partial charge in [-0.1, -0.05) is 0 Å². The lowest BCUT2D eigenvalue weighted by molar-refractivity contribution is 0.224. The molecule has 0 radical (unpaired) electrons. The fourth-order valence-corrected chi connectivity index (χ4v) is 3.42. The molecule has 2 saturated heterocycles. The SMILES string of the molecule is Cc1cc(N2CCN(C[C@@H]3CCNC3)CC2)cc(C)n1. The average molecular weight is 274 g/mol. The summed E-state index contributed by atoms with van der Waals surface area (Å²) in [5.41, 5.74) is 3.59. The second-order valence-electron chi connectivity index (χ2n) is 6.25. The lowest BCUT2D eigenvalue weighted by atomic mass is 10.1. The van der Waals surface area contributed by atoms with Crippen molar-refractivity contribution in [3.8, 4) is 0 Å². The summed E-state index contributed by atoms with van der Waals surface area (Å²) in [6.07, 6.45) is 1.35. The zero-order valence-corrected chi connectivity index (χ0v) is 12.7. The molecule has 110 valence electrons. The Morgan fingerprint density at radius 1 is 1.15 bits per heavy atom. The van der Waals surface area contributed by atoms with E-state index in [2.05, 4.69) is 46.1 Å². The third-order valence-electron chi connectivity index (χ3n) is 4.48. The van der Waals surface area contributed by atoms with Crippen LogP contribution in [0.25, 0.3) is 0 Å². The molecule has 2 aliphatic rings. The molecule has 0 spiro atoms. The van der Waals surface area contributed by atoms with E-state index in [1.165, 1.54) is 44.8 Å². The lowest BCUT2D eigenvalue weighted by Crippen LogP contribution is -2.48. The minimum atomic E-state index is 0.868. The highest BCUT2D eigenvalue weighted by molar-refractivity contribution is 5.48. The van der Waals surface area contributed by atoms with Crippen LogP contribution in [0.5, 0.6) is 0 Å². The van der Waals surface area contributed by atoms with Crippen LogP contribution in [0.4, 0.5) is 5.69 Å². The Hall–Kier alpha value is -1.13. The van der Waals surface area contributed by atoms with Crippen LogP contribution in [0.3, 0.4) is 0 Å². The van der Waals surface area contributed by atoms with Crippen LogP contribution in [0.15, 0.2) is 12.1 Å². The van der Waals surface area contributed by atoms with E-state index in [4.69, 9.17) is 0 Å². The fourth-order valence-electron chi connectivity index (χ4n) is 3.42. The van der Waals surface area contributed by atoms with E-state index in [9.17, 15) is 0 Å². The number of pyridine rings is 1. The number of anilines is 1. The summed E-state index contributed by atoms with van der Waals surface area (Å²) >= 11 is 0. The standard InChI is InChI=1S/C16H26N4/c1-13-9-16(10-14(2)18-13)20-7-5-19(6-8-20)12-15-3-4-17-11-15/h9-10,15,17H,3-8,11-12H2,1-2H3/t15-/m1/s1.